The number of nitrogens with zero attached hydrogens (tertiary/aromatic N) is 1. The topological polar surface area (TPSA) is 66.5 Å². The van der Waals surface area contributed by atoms with Crippen molar-refractivity contribution in [3.8, 4) is 23.0 Å². The van der Waals surface area contributed by atoms with Crippen LogP contribution in [-0.2, 0) is 0 Å². The van der Waals surface area contributed by atoms with Crippen molar-refractivity contribution < 1.29 is 19.0 Å². The molecule has 2 N–H and O–H groups in total. The van der Waals surface area contributed by atoms with Gasteiger partial charge >= 0.3 is 0 Å². The first-order valence-electron chi connectivity index (χ1n) is 5.32. The summed E-state index contributed by atoms with van der Waals surface area (Å²) in [5.41, 5.74) is 0.968. The number of oxazole rings is 1. The number of aromatic nitrogens is 1. The minimum Gasteiger partial charge on any atom is -0.508 e. The number of benzene rings is 2. The summed E-state index contributed by atoms with van der Waals surface area (Å²) in [6.07, 6.45) is 0. The van der Waals surface area contributed by atoms with Crippen molar-refractivity contribution in [3.63, 3.8) is 0 Å². The highest BCUT2D eigenvalue weighted by Gasteiger charge is 2.15. The highest BCUT2D eigenvalue weighted by atomic mass is 79.9. The molecule has 0 bridgehead atoms. The third-order valence-corrected chi connectivity index (χ3v) is 3.20. The van der Waals surface area contributed by atoms with Crippen LogP contribution < -0.4 is 0 Å². The average molecular weight is 324 g/mol. The smallest absolute Gasteiger partial charge is 0.230 e. The van der Waals surface area contributed by atoms with E-state index in [9.17, 15) is 14.6 Å². The van der Waals surface area contributed by atoms with Gasteiger partial charge in [-0.25, -0.2) is 9.37 Å². The van der Waals surface area contributed by atoms with Crippen LogP contribution in [0.3, 0.4) is 0 Å². The maximum absolute atomic E-state index is 13.7. The Labute approximate surface area is 115 Å². The van der Waals surface area contributed by atoms with Crippen molar-refractivity contribution in [2.45, 2.75) is 0 Å². The number of hydrogen-bond donors (Lipinski definition) is 2. The largest absolute Gasteiger partial charge is 0.508 e. The molecule has 0 saturated carbocycles. The Bertz CT molecular complexity index is 785. The van der Waals surface area contributed by atoms with Crippen molar-refractivity contribution in [2.75, 3.05) is 0 Å². The third kappa shape index (κ3) is 2.04. The van der Waals surface area contributed by atoms with Crippen LogP contribution >= 0.6 is 15.9 Å². The molecule has 0 saturated heterocycles. The van der Waals surface area contributed by atoms with E-state index in [1.807, 2.05) is 0 Å². The first-order chi connectivity index (χ1) is 9.04. The maximum atomic E-state index is 13.7. The molecule has 4 nitrogen and oxygen atoms in total. The van der Waals surface area contributed by atoms with Crippen LogP contribution in [0.4, 0.5) is 4.39 Å². The lowest BCUT2D eigenvalue weighted by Crippen LogP contribution is -1.83. The quantitative estimate of drug-likeness (QED) is 0.714. The molecule has 0 unspecified atom stereocenters. The van der Waals surface area contributed by atoms with Gasteiger partial charge in [0.05, 0.1) is 10.0 Å². The predicted molar refractivity (Wildman–Crippen MR) is 70.4 cm³/mol. The summed E-state index contributed by atoms with van der Waals surface area (Å²) in [4.78, 5) is 4.12. The molecule has 1 heterocycles. The molecule has 0 atom stereocenters. The van der Waals surface area contributed by atoms with Gasteiger partial charge in [0, 0.05) is 12.1 Å². The third-order valence-electron chi connectivity index (χ3n) is 2.61. The molecule has 0 radical (unpaired) electrons. The summed E-state index contributed by atoms with van der Waals surface area (Å²) < 4.78 is 19.7. The van der Waals surface area contributed by atoms with E-state index in [1.54, 1.807) is 0 Å². The zero-order chi connectivity index (χ0) is 13.6. The lowest BCUT2D eigenvalue weighted by Gasteiger charge is -1.98. The van der Waals surface area contributed by atoms with Crippen LogP contribution in [-0.4, -0.2) is 15.2 Å². The molecule has 3 rings (SSSR count). The number of rotatable bonds is 1. The Balaban J connectivity index is 2.23. The van der Waals surface area contributed by atoms with Gasteiger partial charge in [0.2, 0.25) is 5.89 Å². The van der Waals surface area contributed by atoms with Gasteiger partial charge in [-0.1, -0.05) is 0 Å². The van der Waals surface area contributed by atoms with E-state index < -0.39 is 5.82 Å². The van der Waals surface area contributed by atoms with Crippen molar-refractivity contribution in [1.29, 1.82) is 0 Å². The number of fused-ring (bicyclic) bond motifs is 1. The van der Waals surface area contributed by atoms with Gasteiger partial charge in [-0.3, -0.25) is 0 Å². The zero-order valence-corrected chi connectivity index (χ0v) is 11.0. The Morgan fingerprint density at radius 3 is 2.63 bits per heavy atom. The van der Waals surface area contributed by atoms with Gasteiger partial charge in [0.1, 0.15) is 22.8 Å². The van der Waals surface area contributed by atoms with E-state index in [0.717, 1.165) is 6.07 Å². The summed E-state index contributed by atoms with van der Waals surface area (Å²) in [6.45, 7) is 0. The summed E-state index contributed by atoms with van der Waals surface area (Å²) in [6, 6.07) is 6.59. The standard InChI is InChI=1S/C13H7BrFNO3/c14-9-3-7(18)5-11-12(9)19-13(16-11)8-2-1-6(17)4-10(8)15/h1-5,17-18H. The van der Waals surface area contributed by atoms with Crippen molar-refractivity contribution in [3.05, 3.63) is 40.6 Å². The first kappa shape index (κ1) is 12.0. The predicted octanol–water partition coefficient (Wildman–Crippen LogP) is 3.81. The lowest BCUT2D eigenvalue weighted by molar-refractivity contribution is 0.469. The number of hydrogen-bond acceptors (Lipinski definition) is 4. The highest BCUT2D eigenvalue weighted by molar-refractivity contribution is 9.10. The molecule has 0 fully saturated rings. The number of halogens is 2. The molecule has 3 aromatic rings. The lowest BCUT2D eigenvalue weighted by atomic mass is 10.2. The molecule has 0 amide bonds. The zero-order valence-electron chi connectivity index (χ0n) is 9.39. The van der Waals surface area contributed by atoms with Crippen LogP contribution in [0.25, 0.3) is 22.6 Å². The molecule has 2 aromatic carbocycles. The first-order valence-corrected chi connectivity index (χ1v) is 6.12. The molecular weight excluding hydrogens is 317 g/mol. The molecule has 96 valence electrons. The van der Waals surface area contributed by atoms with E-state index in [4.69, 9.17) is 4.42 Å². The van der Waals surface area contributed by atoms with E-state index in [-0.39, 0.29) is 23.0 Å². The number of phenolic OH excluding ortho intramolecular Hbond substituents is 2. The van der Waals surface area contributed by atoms with E-state index in [2.05, 4.69) is 20.9 Å². The van der Waals surface area contributed by atoms with Gasteiger partial charge in [-0.2, -0.15) is 0 Å². The normalized spacial score (nSPS) is 11.1. The van der Waals surface area contributed by atoms with Crippen LogP contribution in [0.1, 0.15) is 0 Å². The molecule has 1 aromatic heterocycles. The minimum atomic E-state index is -0.632. The highest BCUT2D eigenvalue weighted by Crippen LogP contribution is 2.33. The Hall–Kier alpha value is -2.08. The summed E-state index contributed by atoms with van der Waals surface area (Å²) in [5, 5.41) is 18.6. The fraction of sp³-hybridized carbons (Fsp3) is 0. The second kappa shape index (κ2) is 4.24. The SMILES string of the molecule is Oc1ccc(-c2nc3cc(O)cc(Br)c3o2)c(F)c1. The molecular formula is C13H7BrFNO3. The van der Waals surface area contributed by atoms with Crippen molar-refractivity contribution in [1.82, 2.24) is 4.98 Å². The van der Waals surface area contributed by atoms with Gasteiger partial charge in [-0.15, -0.1) is 0 Å². The average Bonchev–Trinajstić information content (AvgIpc) is 2.72. The molecule has 6 heteroatoms. The van der Waals surface area contributed by atoms with E-state index in [0.29, 0.717) is 15.6 Å². The van der Waals surface area contributed by atoms with Gasteiger partial charge in [0.15, 0.2) is 5.58 Å². The van der Waals surface area contributed by atoms with Crippen LogP contribution in [0.5, 0.6) is 11.5 Å². The maximum Gasteiger partial charge on any atom is 0.230 e. The molecule has 0 aliphatic carbocycles. The molecule has 0 aliphatic heterocycles. The summed E-state index contributed by atoms with van der Waals surface area (Å²) >= 11 is 3.24. The molecule has 0 aliphatic rings. The number of aromatic hydroxyl groups is 2. The van der Waals surface area contributed by atoms with E-state index in [1.165, 1.54) is 24.3 Å². The fourth-order valence-electron chi connectivity index (χ4n) is 1.77. The summed E-state index contributed by atoms with van der Waals surface area (Å²) in [5.74, 6) is -0.688. The van der Waals surface area contributed by atoms with Gasteiger partial charge in [0.25, 0.3) is 0 Å². The Morgan fingerprint density at radius 2 is 1.89 bits per heavy atom. The fourth-order valence-corrected chi connectivity index (χ4v) is 2.29. The monoisotopic (exact) mass is 323 g/mol. The second-order valence-electron chi connectivity index (χ2n) is 3.96. The number of phenols is 2. The van der Waals surface area contributed by atoms with Crippen LogP contribution in [0.2, 0.25) is 0 Å². The van der Waals surface area contributed by atoms with Crippen LogP contribution in [0.15, 0.2) is 39.2 Å². The van der Waals surface area contributed by atoms with Gasteiger partial charge < -0.3 is 14.6 Å². The van der Waals surface area contributed by atoms with E-state index >= 15 is 0 Å². The van der Waals surface area contributed by atoms with Gasteiger partial charge in [-0.05, 0) is 34.1 Å². The minimum absolute atomic E-state index is 0.0328. The molecule has 0 spiro atoms. The summed E-state index contributed by atoms with van der Waals surface area (Å²) in [7, 11) is 0. The van der Waals surface area contributed by atoms with Crippen LogP contribution in [0, 0.1) is 5.82 Å². The Morgan fingerprint density at radius 1 is 1.11 bits per heavy atom. The van der Waals surface area contributed by atoms with Crippen molar-refractivity contribution in [2.24, 2.45) is 0 Å². The second-order valence-corrected chi connectivity index (χ2v) is 4.81. The molecule has 19 heavy (non-hydrogen) atoms. The Kier molecular flexibility index (Phi) is 2.67. The van der Waals surface area contributed by atoms with Crippen molar-refractivity contribution >= 4 is 27.0 Å².